The van der Waals surface area contributed by atoms with E-state index in [1.54, 1.807) is 7.11 Å². The molecular weight excluding hydrogens is 298 g/mol. The Kier molecular flexibility index (Phi) is 4.72. The number of rotatable bonds is 6. The molecule has 0 atom stereocenters. The average Bonchev–Trinajstić information content (AvgIpc) is 3.22. The Bertz CT molecular complexity index is 645. The number of ether oxygens (including phenoxy) is 2. The Balaban J connectivity index is 1.94. The van der Waals surface area contributed by atoms with Crippen LogP contribution in [0.2, 0.25) is 0 Å². The van der Waals surface area contributed by atoms with Crippen molar-refractivity contribution in [3.05, 3.63) is 11.5 Å². The summed E-state index contributed by atoms with van der Waals surface area (Å²) in [5.74, 6) is 0.970. The largest absolute Gasteiger partial charge is 0.381 e. The second kappa shape index (κ2) is 6.76. The van der Waals surface area contributed by atoms with Crippen molar-refractivity contribution < 1.29 is 14.0 Å². The van der Waals surface area contributed by atoms with Crippen molar-refractivity contribution in [2.75, 3.05) is 20.3 Å². The van der Waals surface area contributed by atoms with Gasteiger partial charge in [0, 0.05) is 39.7 Å². The Morgan fingerprint density at radius 2 is 2.04 bits per heavy atom. The van der Waals surface area contributed by atoms with Gasteiger partial charge < -0.3 is 14.0 Å². The van der Waals surface area contributed by atoms with Crippen molar-refractivity contribution >= 4 is 0 Å². The van der Waals surface area contributed by atoms with Gasteiger partial charge in [-0.25, -0.2) is 4.68 Å². The van der Waals surface area contributed by atoms with E-state index in [-0.39, 0.29) is 0 Å². The van der Waals surface area contributed by atoms with Crippen LogP contribution in [0.5, 0.6) is 0 Å². The van der Waals surface area contributed by atoms with E-state index < -0.39 is 5.60 Å². The Labute approximate surface area is 135 Å². The molecule has 1 aliphatic rings. The lowest BCUT2D eigenvalue weighted by atomic mass is 9.93. The minimum absolute atomic E-state index is 0.408. The highest BCUT2D eigenvalue weighted by Gasteiger charge is 2.39. The van der Waals surface area contributed by atoms with Crippen LogP contribution in [-0.4, -0.2) is 45.5 Å². The normalized spacial score (nSPS) is 17.5. The maximum absolute atomic E-state index is 5.71. The van der Waals surface area contributed by atoms with E-state index >= 15 is 0 Å². The number of hydrogen-bond acceptors (Lipinski definition) is 7. The molecular formula is C15H23N5O3. The number of methoxy groups -OCH3 is 1. The van der Waals surface area contributed by atoms with Crippen LogP contribution >= 0.6 is 0 Å². The van der Waals surface area contributed by atoms with Gasteiger partial charge in [0.1, 0.15) is 5.60 Å². The smallest absolute Gasteiger partial charge is 0.280 e. The van der Waals surface area contributed by atoms with Gasteiger partial charge in [-0.05, 0) is 13.3 Å². The summed E-state index contributed by atoms with van der Waals surface area (Å²) in [5.41, 5.74) is 1.17. The van der Waals surface area contributed by atoms with Gasteiger partial charge in [0.05, 0.1) is 5.69 Å². The number of aryl methyl sites for hydroxylation is 1. The van der Waals surface area contributed by atoms with Gasteiger partial charge in [-0.1, -0.05) is 23.7 Å². The lowest BCUT2D eigenvalue weighted by molar-refractivity contribution is -0.101. The molecule has 0 radical (unpaired) electrons. The van der Waals surface area contributed by atoms with Crippen LogP contribution in [0.15, 0.2) is 4.52 Å². The van der Waals surface area contributed by atoms with Gasteiger partial charge in [0.2, 0.25) is 5.82 Å². The third-order valence-electron chi connectivity index (χ3n) is 4.35. The van der Waals surface area contributed by atoms with Gasteiger partial charge in [-0.3, -0.25) is 0 Å². The van der Waals surface area contributed by atoms with Crippen LogP contribution in [0.25, 0.3) is 11.6 Å². The zero-order valence-electron chi connectivity index (χ0n) is 13.9. The molecule has 0 aliphatic carbocycles. The molecule has 3 heterocycles. The molecule has 1 aliphatic heterocycles. The summed E-state index contributed by atoms with van der Waals surface area (Å²) in [7, 11) is 1.68. The molecule has 0 saturated carbocycles. The lowest BCUT2D eigenvalue weighted by Gasteiger charge is -2.32. The lowest BCUT2D eigenvalue weighted by Crippen LogP contribution is -2.36. The van der Waals surface area contributed by atoms with E-state index in [0.717, 1.165) is 25.1 Å². The van der Waals surface area contributed by atoms with Crippen LogP contribution in [-0.2, 0) is 28.0 Å². The highest BCUT2D eigenvalue weighted by atomic mass is 16.5. The van der Waals surface area contributed by atoms with Gasteiger partial charge in [0.25, 0.3) is 5.89 Å². The zero-order valence-corrected chi connectivity index (χ0v) is 13.9. The van der Waals surface area contributed by atoms with E-state index in [0.29, 0.717) is 43.5 Å². The van der Waals surface area contributed by atoms with E-state index in [2.05, 4.69) is 27.4 Å². The minimum atomic E-state index is -0.536. The summed E-state index contributed by atoms with van der Waals surface area (Å²) in [4.78, 5) is 4.56. The predicted octanol–water partition coefficient (Wildman–Crippen LogP) is 1.95. The summed E-state index contributed by atoms with van der Waals surface area (Å²) in [6, 6.07) is 0. The van der Waals surface area contributed by atoms with Crippen LogP contribution in [0.1, 0.15) is 44.6 Å². The number of hydrogen-bond donors (Lipinski definition) is 0. The minimum Gasteiger partial charge on any atom is -0.381 e. The SMILES string of the molecule is CCCc1c(-c2nc(C3(OC)CCOCC3)no2)nnn1CC. The first-order valence-electron chi connectivity index (χ1n) is 8.14. The fourth-order valence-electron chi connectivity index (χ4n) is 2.96. The fraction of sp³-hybridized carbons (Fsp3) is 0.733. The molecule has 23 heavy (non-hydrogen) atoms. The van der Waals surface area contributed by atoms with E-state index in [1.165, 1.54) is 0 Å². The Morgan fingerprint density at radius 3 is 2.70 bits per heavy atom. The topological polar surface area (TPSA) is 88.1 Å². The first kappa shape index (κ1) is 16.1. The molecule has 3 rings (SSSR count). The summed E-state index contributed by atoms with van der Waals surface area (Å²) in [6.07, 6.45) is 3.30. The third-order valence-corrected chi connectivity index (χ3v) is 4.35. The standard InChI is InChI=1S/C15H23N5O3/c1-4-6-11-12(17-19-20(11)5-2)13-16-14(18-23-13)15(21-3)7-9-22-10-8-15/h4-10H2,1-3H3. The average molecular weight is 321 g/mol. The van der Waals surface area contributed by atoms with Gasteiger partial charge in [-0.15, -0.1) is 5.10 Å². The Morgan fingerprint density at radius 1 is 1.26 bits per heavy atom. The van der Waals surface area contributed by atoms with Crippen molar-refractivity contribution in [3.8, 4) is 11.6 Å². The van der Waals surface area contributed by atoms with Crippen molar-refractivity contribution in [1.82, 2.24) is 25.1 Å². The summed E-state index contributed by atoms with van der Waals surface area (Å²) in [5, 5.41) is 12.6. The number of aromatic nitrogens is 5. The summed E-state index contributed by atoms with van der Waals surface area (Å²) in [6.45, 7) is 6.19. The van der Waals surface area contributed by atoms with Gasteiger partial charge in [0.15, 0.2) is 5.69 Å². The van der Waals surface area contributed by atoms with Crippen molar-refractivity contribution in [3.63, 3.8) is 0 Å². The molecule has 1 fully saturated rings. The monoisotopic (exact) mass is 321 g/mol. The van der Waals surface area contributed by atoms with Crippen molar-refractivity contribution in [2.24, 2.45) is 0 Å². The highest BCUT2D eigenvalue weighted by Crippen LogP contribution is 2.34. The second-order valence-corrected chi connectivity index (χ2v) is 5.68. The maximum atomic E-state index is 5.71. The molecule has 8 heteroatoms. The molecule has 0 N–H and O–H groups in total. The molecule has 0 amide bonds. The van der Waals surface area contributed by atoms with Crippen LogP contribution in [0.4, 0.5) is 0 Å². The van der Waals surface area contributed by atoms with E-state index in [4.69, 9.17) is 14.0 Å². The molecule has 0 spiro atoms. The second-order valence-electron chi connectivity index (χ2n) is 5.68. The quantitative estimate of drug-likeness (QED) is 0.803. The van der Waals surface area contributed by atoms with Crippen LogP contribution in [0, 0.1) is 0 Å². The van der Waals surface area contributed by atoms with Crippen LogP contribution in [0.3, 0.4) is 0 Å². The first-order chi connectivity index (χ1) is 11.2. The van der Waals surface area contributed by atoms with E-state index in [1.807, 2.05) is 11.6 Å². The molecule has 0 unspecified atom stereocenters. The molecule has 0 bridgehead atoms. The first-order valence-corrected chi connectivity index (χ1v) is 8.14. The van der Waals surface area contributed by atoms with E-state index in [9.17, 15) is 0 Å². The molecule has 1 saturated heterocycles. The van der Waals surface area contributed by atoms with Gasteiger partial charge >= 0.3 is 0 Å². The maximum Gasteiger partial charge on any atom is 0.280 e. The Hall–Kier alpha value is -1.80. The fourth-order valence-corrected chi connectivity index (χ4v) is 2.96. The van der Waals surface area contributed by atoms with Crippen molar-refractivity contribution in [2.45, 2.75) is 51.7 Å². The van der Waals surface area contributed by atoms with Gasteiger partial charge in [-0.2, -0.15) is 4.98 Å². The highest BCUT2D eigenvalue weighted by molar-refractivity contribution is 5.50. The number of nitrogens with zero attached hydrogens (tertiary/aromatic N) is 5. The molecule has 2 aromatic heterocycles. The summed E-state index contributed by atoms with van der Waals surface area (Å²) < 4.78 is 18.5. The third kappa shape index (κ3) is 2.88. The van der Waals surface area contributed by atoms with Crippen LogP contribution < -0.4 is 0 Å². The molecule has 8 nitrogen and oxygen atoms in total. The zero-order chi connectivity index (χ0) is 16.3. The molecule has 126 valence electrons. The predicted molar refractivity (Wildman–Crippen MR) is 81.7 cm³/mol. The molecule has 0 aromatic carbocycles. The van der Waals surface area contributed by atoms with Crippen molar-refractivity contribution in [1.29, 1.82) is 0 Å². The summed E-state index contributed by atoms with van der Waals surface area (Å²) >= 11 is 0. The molecule has 2 aromatic rings.